The minimum atomic E-state index is -0.513. The Labute approximate surface area is 118 Å². The second kappa shape index (κ2) is 6.86. The third kappa shape index (κ3) is 4.20. The van der Waals surface area contributed by atoms with Gasteiger partial charge in [-0.15, -0.1) is 0 Å². The third-order valence-corrected chi connectivity index (χ3v) is 3.08. The first-order chi connectivity index (χ1) is 9.65. The Morgan fingerprint density at radius 3 is 2.75 bits per heavy atom. The molecule has 0 bridgehead atoms. The van der Waals surface area contributed by atoms with E-state index < -0.39 is 6.04 Å². The van der Waals surface area contributed by atoms with E-state index >= 15 is 0 Å². The molecule has 0 aliphatic heterocycles. The molecular weight excluding hydrogens is 252 g/mol. The number of amides is 1. The van der Waals surface area contributed by atoms with Crippen molar-refractivity contribution in [3.05, 3.63) is 53.9 Å². The molecule has 2 aromatic rings. The Kier molecular flexibility index (Phi) is 4.90. The lowest BCUT2D eigenvalue weighted by Gasteiger charge is -2.11. The van der Waals surface area contributed by atoms with Crippen LogP contribution in [0.4, 0.5) is 0 Å². The number of aromatic nitrogens is 2. The summed E-state index contributed by atoms with van der Waals surface area (Å²) in [6.45, 7) is 0.554. The van der Waals surface area contributed by atoms with Crippen molar-refractivity contribution in [3.63, 3.8) is 0 Å². The largest absolute Gasteiger partial charge is 0.354 e. The minimum Gasteiger partial charge on any atom is -0.354 e. The van der Waals surface area contributed by atoms with Gasteiger partial charge < -0.3 is 11.1 Å². The molecule has 0 unspecified atom stereocenters. The van der Waals surface area contributed by atoms with Crippen LogP contribution in [0.3, 0.4) is 0 Å². The first-order valence-electron chi connectivity index (χ1n) is 6.71. The number of hydrogen-bond acceptors (Lipinski definition) is 3. The maximum atomic E-state index is 11.9. The summed E-state index contributed by atoms with van der Waals surface area (Å²) in [5.41, 5.74) is 7.93. The molecule has 1 atom stereocenters. The monoisotopic (exact) mass is 272 g/mol. The fourth-order valence-electron chi connectivity index (χ4n) is 2.00. The van der Waals surface area contributed by atoms with E-state index in [2.05, 4.69) is 10.4 Å². The highest BCUT2D eigenvalue weighted by molar-refractivity contribution is 5.81. The fraction of sp³-hybridized carbons (Fsp3) is 0.333. The molecule has 0 saturated carbocycles. The summed E-state index contributed by atoms with van der Waals surface area (Å²) >= 11 is 0. The van der Waals surface area contributed by atoms with Crippen LogP contribution in [0, 0.1) is 0 Å². The predicted octanol–water partition coefficient (Wildman–Crippen LogP) is 0.649. The first-order valence-corrected chi connectivity index (χ1v) is 6.71. The lowest BCUT2D eigenvalue weighted by molar-refractivity contribution is -0.122. The smallest absolute Gasteiger partial charge is 0.237 e. The van der Waals surface area contributed by atoms with Crippen LogP contribution in [0.25, 0.3) is 0 Å². The van der Waals surface area contributed by atoms with E-state index in [9.17, 15) is 4.79 Å². The number of carbonyl (C=O) groups excluding carboxylic acids is 1. The molecule has 0 radical (unpaired) electrons. The predicted molar refractivity (Wildman–Crippen MR) is 78.0 cm³/mol. The number of rotatable bonds is 6. The summed E-state index contributed by atoms with van der Waals surface area (Å²) in [5, 5.41) is 7.10. The molecule has 106 valence electrons. The van der Waals surface area contributed by atoms with Gasteiger partial charge in [0, 0.05) is 26.2 Å². The summed E-state index contributed by atoms with van der Waals surface area (Å²) in [5.74, 6) is -0.121. The van der Waals surface area contributed by atoms with Crippen LogP contribution in [-0.4, -0.2) is 28.3 Å². The minimum absolute atomic E-state index is 0.121. The highest BCUT2D eigenvalue weighted by atomic mass is 16.2. The van der Waals surface area contributed by atoms with Gasteiger partial charge in [0.05, 0.1) is 11.7 Å². The standard InChI is InChI=1S/C15H20N4O/c1-19-10-8-13(18-19)7-9-17-15(20)14(16)11-12-5-3-2-4-6-12/h2-6,8,10,14H,7,9,11,16H2,1H3,(H,17,20)/t14-/m0/s1. The van der Waals surface area contributed by atoms with Crippen LogP contribution < -0.4 is 11.1 Å². The van der Waals surface area contributed by atoms with Gasteiger partial charge in [-0.2, -0.15) is 5.10 Å². The molecule has 1 amide bonds. The van der Waals surface area contributed by atoms with E-state index in [1.54, 1.807) is 4.68 Å². The van der Waals surface area contributed by atoms with Gasteiger partial charge in [-0.05, 0) is 18.1 Å². The summed E-state index contributed by atoms with van der Waals surface area (Å²) in [7, 11) is 1.87. The molecule has 5 nitrogen and oxygen atoms in total. The van der Waals surface area contributed by atoms with Crippen LogP contribution in [0.5, 0.6) is 0 Å². The molecule has 0 saturated heterocycles. The van der Waals surface area contributed by atoms with Gasteiger partial charge in [0.1, 0.15) is 0 Å². The molecule has 0 spiro atoms. The molecule has 0 aliphatic carbocycles. The van der Waals surface area contributed by atoms with Gasteiger partial charge in [0.25, 0.3) is 0 Å². The van der Waals surface area contributed by atoms with Crippen LogP contribution in [0.1, 0.15) is 11.3 Å². The molecule has 1 heterocycles. The lowest BCUT2D eigenvalue weighted by Crippen LogP contribution is -2.42. The van der Waals surface area contributed by atoms with Crippen LogP contribution in [0.2, 0.25) is 0 Å². The van der Waals surface area contributed by atoms with Gasteiger partial charge in [0.2, 0.25) is 5.91 Å². The Morgan fingerprint density at radius 2 is 2.10 bits per heavy atom. The number of aryl methyl sites for hydroxylation is 1. The normalized spacial score (nSPS) is 12.1. The zero-order valence-corrected chi connectivity index (χ0v) is 11.6. The van der Waals surface area contributed by atoms with Gasteiger partial charge >= 0.3 is 0 Å². The fourth-order valence-corrected chi connectivity index (χ4v) is 2.00. The maximum Gasteiger partial charge on any atom is 0.237 e. The van der Waals surface area contributed by atoms with Crippen LogP contribution in [0.15, 0.2) is 42.6 Å². The number of benzene rings is 1. The van der Waals surface area contributed by atoms with Crippen LogP contribution >= 0.6 is 0 Å². The molecule has 0 fully saturated rings. The number of hydrogen-bond donors (Lipinski definition) is 2. The number of nitrogens with two attached hydrogens (primary N) is 1. The summed E-state index contributed by atoms with van der Waals surface area (Å²) in [4.78, 5) is 11.9. The lowest BCUT2D eigenvalue weighted by atomic mass is 10.1. The Balaban J connectivity index is 1.74. The van der Waals surface area contributed by atoms with Crippen LogP contribution in [-0.2, 0) is 24.7 Å². The average Bonchev–Trinajstić information content (AvgIpc) is 2.85. The number of nitrogens with zero attached hydrogens (tertiary/aromatic N) is 2. The van der Waals surface area contributed by atoms with E-state index in [0.29, 0.717) is 19.4 Å². The molecule has 2 rings (SSSR count). The highest BCUT2D eigenvalue weighted by Crippen LogP contribution is 2.02. The molecule has 5 heteroatoms. The second-order valence-corrected chi connectivity index (χ2v) is 4.82. The molecule has 20 heavy (non-hydrogen) atoms. The van der Waals surface area contributed by atoms with E-state index in [-0.39, 0.29) is 5.91 Å². The molecule has 1 aromatic heterocycles. The van der Waals surface area contributed by atoms with Crippen molar-refractivity contribution in [2.24, 2.45) is 12.8 Å². The molecule has 3 N–H and O–H groups in total. The van der Waals surface area contributed by atoms with Crippen molar-refractivity contribution in [1.82, 2.24) is 15.1 Å². The Hall–Kier alpha value is -2.14. The Morgan fingerprint density at radius 1 is 1.35 bits per heavy atom. The summed E-state index contributed by atoms with van der Waals surface area (Å²) < 4.78 is 1.75. The van der Waals surface area contributed by atoms with Crippen molar-refractivity contribution in [2.75, 3.05) is 6.54 Å². The van der Waals surface area contributed by atoms with Gasteiger partial charge in [-0.3, -0.25) is 9.48 Å². The van der Waals surface area contributed by atoms with E-state index in [1.807, 2.05) is 49.6 Å². The molecule has 0 aliphatic rings. The topological polar surface area (TPSA) is 72.9 Å². The first kappa shape index (κ1) is 14.3. The Bertz CT molecular complexity index is 550. The van der Waals surface area contributed by atoms with E-state index in [0.717, 1.165) is 11.3 Å². The van der Waals surface area contributed by atoms with E-state index in [4.69, 9.17) is 5.73 Å². The van der Waals surface area contributed by atoms with Crippen molar-refractivity contribution in [2.45, 2.75) is 18.9 Å². The van der Waals surface area contributed by atoms with E-state index in [1.165, 1.54) is 0 Å². The van der Waals surface area contributed by atoms with Crippen molar-refractivity contribution < 1.29 is 4.79 Å². The summed E-state index contributed by atoms with van der Waals surface area (Å²) in [6.07, 6.45) is 3.15. The molecular formula is C15H20N4O. The maximum absolute atomic E-state index is 11.9. The van der Waals surface area contributed by atoms with Crippen molar-refractivity contribution in [1.29, 1.82) is 0 Å². The van der Waals surface area contributed by atoms with Gasteiger partial charge in [0.15, 0.2) is 0 Å². The third-order valence-electron chi connectivity index (χ3n) is 3.08. The zero-order valence-electron chi connectivity index (χ0n) is 11.6. The van der Waals surface area contributed by atoms with Gasteiger partial charge in [-0.25, -0.2) is 0 Å². The molecule has 1 aromatic carbocycles. The van der Waals surface area contributed by atoms with Crippen molar-refractivity contribution >= 4 is 5.91 Å². The summed E-state index contributed by atoms with van der Waals surface area (Å²) in [6, 6.07) is 11.2. The zero-order chi connectivity index (χ0) is 14.4. The highest BCUT2D eigenvalue weighted by Gasteiger charge is 2.13. The number of carbonyl (C=O) groups is 1. The van der Waals surface area contributed by atoms with Crippen molar-refractivity contribution in [3.8, 4) is 0 Å². The quantitative estimate of drug-likeness (QED) is 0.811. The second-order valence-electron chi connectivity index (χ2n) is 4.82. The van der Waals surface area contributed by atoms with Gasteiger partial charge in [-0.1, -0.05) is 30.3 Å². The SMILES string of the molecule is Cn1ccc(CCNC(=O)[C@@H](N)Cc2ccccc2)n1. The average molecular weight is 272 g/mol. The number of nitrogens with one attached hydrogen (secondary N) is 1.